The first-order valence-electron chi connectivity index (χ1n) is 11.4. The Morgan fingerprint density at radius 2 is 1.45 bits per heavy atom. The molecule has 0 aliphatic rings. The number of benzene rings is 4. The summed E-state index contributed by atoms with van der Waals surface area (Å²) in [6.45, 7) is 1.08. The van der Waals surface area contributed by atoms with Crippen LogP contribution in [0.3, 0.4) is 0 Å². The topological polar surface area (TPSA) is 120 Å². The van der Waals surface area contributed by atoms with Crippen molar-refractivity contribution in [2.24, 2.45) is 0 Å². The van der Waals surface area contributed by atoms with Crippen LogP contribution in [-0.2, 0) is 14.9 Å². The number of carboxylic acids is 1. The molecular formula is C29H20O8S. The van der Waals surface area contributed by atoms with Crippen molar-refractivity contribution in [1.82, 2.24) is 0 Å². The van der Waals surface area contributed by atoms with Crippen LogP contribution in [0.25, 0.3) is 33.2 Å². The Bertz CT molecular complexity index is 1770. The van der Waals surface area contributed by atoms with Crippen molar-refractivity contribution in [2.75, 3.05) is 0 Å². The molecule has 0 spiro atoms. The third kappa shape index (κ3) is 5.00. The molecule has 0 saturated heterocycles. The maximum atomic E-state index is 12.8. The van der Waals surface area contributed by atoms with Crippen molar-refractivity contribution in [2.45, 2.75) is 11.8 Å². The summed E-state index contributed by atoms with van der Waals surface area (Å²) >= 11 is 0. The van der Waals surface area contributed by atoms with Crippen LogP contribution in [0.2, 0.25) is 0 Å². The second-order valence-corrected chi connectivity index (χ2v) is 9.89. The Morgan fingerprint density at radius 3 is 2.11 bits per heavy atom. The lowest BCUT2D eigenvalue weighted by Gasteiger charge is -2.11. The van der Waals surface area contributed by atoms with Crippen LogP contribution in [0.5, 0.6) is 11.5 Å². The van der Waals surface area contributed by atoms with E-state index in [4.69, 9.17) is 13.3 Å². The monoisotopic (exact) mass is 528 g/mol. The van der Waals surface area contributed by atoms with Gasteiger partial charge in [0.05, 0.1) is 6.26 Å². The van der Waals surface area contributed by atoms with Gasteiger partial charge in [0.25, 0.3) is 0 Å². The SMILES string of the molecule is CC(=O)Oc1cc(S(=O)(=O)Oc2ccc(-c3ccc(-c4coc5ccccc45)cc3)cc2)ccc1C(=O)O. The molecule has 0 bridgehead atoms. The average molecular weight is 529 g/mol. The maximum Gasteiger partial charge on any atom is 0.339 e. The number of fused-ring (bicyclic) bond motifs is 1. The third-order valence-corrected chi connectivity index (χ3v) is 7.04. The molecule has 190 valence electrons. The molecule has 0 fully saturated rings. The maximum absolute atomic E-state index is 12.8. The molecule has 5 aromatic rings. The number of aromatic carboxylic acids is 1. The number of para-hydroxylation sites is 1. The van der Waals surface area contributed by atoms with Gasteiger partial charge in [-0.2, -0.15) is 8.42 Å². The lowest BCUT2D eigenvalue weighted by Crippen LogP contribution is -2.12. The van der Waals surface area contributed by atoms with Gasteiger partial charge in [0, 0.05) is 23.9 Å². The van der Waals surface area contributed by atoms with E-state index in [1.807, 2.05) is 48.5 Å². The molecular weight excluding hydrogens is 508 g/mol. The Morgan fingerprint density at radius 1 is 0.816 bits per heavy atom. The van der Waals surface area contributed by atoms with Crippen molar-refractivity contribution in [1.29, 1.82) is 0 Å². The minimum absolute atomic E-state index is 0.0617. The molecule has 0 aliphatic heterocycles. The van der Waals surface area contributed by atoms with Gasteiger partial charge in [-0.15, -0.1) is 0 Å². The highest BCUT2D eigenvalue weighted by molar-refractivity contribution is 7.87. The second-order valence-electron chi connectivity index (χ2n) is 8.34. The predicted molar refractivity (Wildman–Crippen MR) is 140 cm³/mol. The van der Waals surface area contributed by atoms with Crippen LogP contribution < -0.4 is 8.92 Å². The number of carbonyl (C=O) groups is 2. The summed E-state index contributed by atoms with van der Waals surface area (Å²) in [4.78, 5) is 22.3. The highest BCUT2D eigenvalue weighted by Crippen LogP contribution is 2.33. The standard InChI is InChI=1S/C29H20O8S/c1-18(30)36-28-16-23(14-15-25(28)29(31)32)38(33,34)37-22-12-10-20(11-13-22)19-6-8-21(9-7-19)26-17-35-27-5-3-2-4-24(26)27/h2-17H,1H3,(H,31,32). The number of furan rings is 1. The summed E-state index contributed by atoms with van der Waals surface area (Å²) in [5.41, 5.74) is 4.24. The molecule has 0 radical (unpaired) electrons. The summed E-state index contributed by atoms with van der Waals surface area (Å²) in [6, 6.07) is 25.3. The van der Waals surface area contributed by atoms with Crippen LogP contribution in [-0.4, -0.2) is 25.5 Å². The molecule has 1 aromatic heterocycles. The molecule has 4 aromatic carbocycles. The quantitative estimate of drug-likeness (QED) is 0.152. The van der Waals surface area contributed by atoms with Gasteiger partial charge in [-0.3, -0.25) is 4.79 Å². The van der Waals surface area contributed by atoms with Gasteiger partial charge in [0.1, 0.15) is 27.5 Å². The van der Waals surface area contributed by atoms with Crippen molar-refractivity contribution in [3.8, 4) is 33.8 Å². The number of carbonyl (C=O) groups excluding carboxylic acids is 1. The summed E-state index contributed by atoms with van der Waals surface area (Å²) in [7, 11) is -4.33. The zero-order valence-electron chi connectivity index (χ0n) is 20.0. The largest absolute Gasteiger partial charge is 0.478 e. The highest BCUT2D eigenvalue weighted by Gasteiger charge is 2.22. The normalized spacial score (nSPS) is 11.3. The molecule has 0 saturated carbocycles. The van der Waals surface area contributed by atoms with Gasteiger partial charge < -0.3 is 18.4 Å². The summed E-state index contributed by atoms with van der Waals surface area (Å²) in [5, 5.41) is 10.3. The molecule has 0 atom stereocenters. The summed E-state index contributed by atoms with van der Waals surface area (Å²) < 4.78 is 41.3. The zero-order chi connectivity index (χ0) is 26.9. The number of hydrogen-bond donors (Lipinski definition) is 1. The van der Waals surface area contributed by atoms with Crippen LogP contribution in [0.15, 0.2) is 107 Å². The Labute approximate surface area is 217 Å². The Kier molecular flexibility index (Phi) is 6.44. The van der Waals surface area contributed by atoms with Crippen LogP contribution in [0, 0.1) is 0 Å². The van der Waals surface area contributed by atoms with Gasteiger partial charge in [-0.1, -0.05) is 54.6 Å². The van der Waals surface area contributed by atoms with E-state index in [1.165, 1.54) is 12.1 Å². The van der Waals surface area contributed by atoms with Crippen molar-refractivity contribution >= 4 is 33.0 Å². The number of carboxylic acid groups (broad SMARTS) is 1. The number of rotatable bonds is 7. The van der Waals surface area contributed by atoms with E-state index in [0.717, 1.165) is 58.3 Å². The molecule has 8 nitrogen and oxygen atoms in total. The zero-order valence-corrected chi connectivity index (χ0v) is 20.8. The van der Waals surface area contributed by atoms with Crippen LogP contribution in [0.4, 0.5) is 0 Å². The first-order valence-corrected chi connectivity index (χ1v) is 12.8. The smallest absolute Gasteiger partial charge is 0.339 e. The van der Waals surface area contributed by atoms with E-state index in [2.05, 4.69) is 0 Å². The van der Waals surface area contributed by atoms with E-state index >= 15 is 0 Å². The van der Waals surface area contributed by atoms with Gasteiger partial charge in [-0.25, -0.2) is 4.79 Å². The lowest BCUT2D eigenvalue weighted by molar-refractivity contribution is -0.131. The average Bonchev–Trinajstić information content (AvgIpc) is 3.33. The van der Waals surface area contributed by atoms with Crippen molar-refractivity contribution in [3.63, 3.8) is 0 Å². The fraction of sp³-hybridized carbons (Fsp3) is 0.0345. The van der Waals surface area contributed by atoms with Gasteiger partial charge >= 0.3 is 22.1 Å². The summed E-state index contributed by atoms with van der Waals surface area (Å²) in [5.74, 6) is -2.49. The molecule has 1 N–H and O–H groups in total. The molecule has 5 rings (SSSR count). The Balaban J connectivity index is 1.35. The van der Waals surface area contributed by atoms with Crippen molar-refractivity contribution < 1.29 is 36.5 Å². The van der Waals surface area contributed by atoms with Crippen molar-refractivity contribution in [3.05, 3.63) is 103 Å². The van der Waals surface area contributed by atoms with E-state index in [0.29, 0.717) is 0 Å². The highest BCUT2D eigenvalue weighted by atomic mass is 32.2. The third-order valence-electron chi connectivity index (χ3n) is 5.80. The molecule has 0 aliphatic carbocycles. The first kappa shape index (κ1) is 24.8. The molecule has 0 amide bonds. The number of hydrogen-bond acceptors (Lipinski definition) is 7. The fourth-order valence-corrected chi connectivity index (χ4v) is 4.94. The molecule has 9 heteroatoms. The van der Waals surface area contributed by atoms with Crippen LogP contribution in [0.1, 0.15) is 17.3 Å². The Hall–Kier alpha value is -4.89. The molecule has 38 heavy (non-hydrogen) atoms. The molecule has 1 heterocycles. The fourth-order valence-electron chi connectivity index (χ4n) is 4.00. The van der Waals surface area contributed by atoms with Gasteiger partial charge in [-0.05, 0) is 47.0 Å². The number of ether oxygens (including phenoxy) is 1. The van der Waals surface area contributed by atoms with Gasteiger partial charge in [0.15, 0.2) is 0 Å². The van der Waals surface area contributed by atoms with E-state index in [9.17, 15) is 23.1 Å². The molecule has 0 unspecified atom stereocenters. The van der Waals surface area contributed by atoms with E-state index in [1.54, 1.807) is 18.4 Å². The first-order chi connectivity index (χ1) is 18.2. The lowest BCUT2D eigenvalue weighted by atomic mass is 10.00. The predicted octanol–water partition coefficient (Wildman–Crippen LogP) is 6.16. The number of esters is 1. The second kappa shape index (κ2) is 9.87. The minimum Gasteiger partial charge on any atom is -0.478 e. The van der Waals surface area contributed by atoms with E-state index < -0.39 is 27.8 Å². The minimum atomic E-state index is -4.33. The van der Waals surface area contributed by atoms with Gasteiger partial charge in [0.2, 0.25) is 0 Å². The summed E-state index contributed by atoms with van der Waals surface area (Å²) in [6.07, 6.45) is 1.73. The van der Waals surface area contributed by atoms with Crippen LogP contribution >= 0.6 is 0 Å². The van der Waals surface area contributed by atoms with E-state index in [-0.39, 0.29) is 16.2 Å².